The number of β-amino-alcohol motifs (C(OH)–C–C–N with tert-alkyl or cyclic N) is 1. The number of rotatable bonds is 1. The van der Waals surface area contributed by atoms with Crippen molar-refractivity contribution in [3.05, 3.63) is 0 Å². The van der Waals surface area contributed by atoms with Crippen LogP contribution in [0, 0.1) is 0 Å². The number of halogens is 1. The van der Waals surface area contributed by atoms with Crippen molar-refractivity contribution in [3.63, 3.8) is 0 Å². The van der Waals surface area contributed by atoms with E-state index in [-0.39, 0.29) is 12.6 Å². The molecule has 1 rings (SSSR count). The summed E-state index contributed by atoms with van der Waals surface area (Å²) in [4.78, 5) is 0. The van der Waals surface area contributed by atoms with Crippen molar-refractivity contribution in [1.29, 1.82) is 0 Å². The quantitative estimate of drug-likeness (QED) is 0.450. The van der Waals surface area contributed by atoms with E-state index >= 15 is 0 Å². The van der Waals surface area contributed by atoms with Gasteiger partial charge in [0.1, 0.15) is 6.67 Å². The predicted molar refractivity (Wildman–Crippen MR) is 34.4 cm³/mol. The number of aliphatic hydroxyl groups excluding tert-OH is 2. The van der Waals surface area contributed by atoms with Gasteiger partial charge in [0.15, 0.2) is 0 Å². The minimum Gasteiger partial charge on any atom is -0.390 e. The highest BCUT2D eigenvalue weighted by Gasteiger charge is 2.26. The molecule has 1 fully saturated rings. The van der Waals surface area contributed by atoms with Crippen molar-refractivity contribution in [3.8, 4) is 0 Å². The average Bonchev–Trinajstić information content (AvgIpc) is 1.95. The maximum absolute atomic E-state index is 11.9. The molecule has 1 aliphatic heterocycles. The molecule has 10 heavy (non-hydrogen) atoms. The van der Waals surface area contributed by atoms with E-state index < -0.39 is 18.9 Å². The standard InChI is InChI=1S/C6H12FNO2/c7-2-4-1-5(9)6(10)3-8-4/h4-6,8-10H,1-3H2. The van der Waals surface area contributed by atoms with Gasteiger partial charge in [0.05, 0.1) is 12.2 Å². The zero-order chi connectivity index (χ0) is 7.56. The SMILES string of the molecule is OC1CNC(CF)CC1O. The van der Waals surface area contributed by atoms with Crippen LogP contribution in [0.3, 0.4) is 0 Å². The maximum Gasteiger partial charge on any atom is 0.105 e. The number of hydrogen-bond donors (Lipinski definition) is 3. The van der Waals surface area contributed by atoms with E-state index in [2.05, 4.69) is 5.32 Å². The molecule has 1 heterocycles. The Hall–Kier alpha value is -0.190. The highest BCUT2D eigenvalue weighted by atomic mass is 19.1. The Bertz CT molecular complexity index is 112. The second-order valence-corrected chi connectivity index (χ2v) is 2.63. The van der Waals surface area contributed by atoms with Crippen LogP contribution in [0.5, 0.6) is 0 Å². The van der Waals surface area contributed by atoms with Crippen molar-refractivity contribution in [2.24, 2.45) is 0 Å². The van der Waals surface area contributed by atoms with Gasteiger partial charge in [-0.25, -0.2) is 4.39 Å². The zero-order valence-corrected chi connectivity index (χ0v) is 5.63. The van der Waals surface area contributed by atoms with Crippen LogP contribution in [0.4, 0.5) is 4.39 Å². The van der Waals surface area contributed by atoms with Gasteiger partial charge in [0.2, 0.25) is 0 Å². The Labute approximate surface area is 58.9 Å². The topological polar surface area (TPSA) is 52.5 Å². The Balaban J connectivity index is 2.33. The molecule has 0 aliphatic carbocycles. The summed E-state index contributed by atoms with van der Waals surface area (Å²) in [5, 5.41) is 20.7. The van der Waals surface area contributed by atoms with Crippen LogP contribution >= 0.6 is 0 Å². The molecule has 3 N–H and O–H groups in total. The third-order valence-corrected chi connectivity index (χ3v) is 1.77. The molecule has 0 spiro atoms. The molecule has 3 nitrogen and oxygen atoms in total. The molecule has 1 saturated heterocycles. The van der Waals surface area contributed by atoms with Gasteiger partial charge in [-0.3, -0.25) is 0 Å². The van der Waals surface area contributed by atoms with Gasteiger partial charge in [-0.15, -0.1) is 0 Å². The Morgan fingerprint density at radius 3 is 2.60 bits per heavy atom. The molecule has 0 amide bonds. The van der Waals surface area contributed by atoms with Crippen LogP contribution in [0.15, 0.2) is 0 Å². The van der Waals surface area contributed by atoms with Crippen molar-refractivity contribution in [2.45, 2.75) is 24.7 Å². The monoisotopic (exact) mass is 149 g/mol. The van der Waals surface area contributed by atoms with Gasteiger partial charge in [0.25, 0.3) is 0 Å². The van der Waals surface area contributed by atoms with Crippen LogP contribution in [0.2, 0.25) is 0 Å². The van der Waals surface area contributed by atoms with Gasteiger partial charge < -0.3 is 15.5 Å². The van der Waals surface area contributed by atoms with Crippen LogP contribution in [0.25, 0.3) is 0 Å². The highest BCUT2D eigenvalue weighted by molar-refractivity contribution is 4.83. The van der Waals surface area contributed by atoms with Crippen molar-refractivity contribution in [2.75, 3.05) is 13.2 Å². The van der Waals surface area contributed by atoms with E-state index in [1.165, 1.54) is 0 Å². The van der Waals surface area contributed by atoms with Gasteiger partial charge in [-0.2, -0.15) is 0 Å². The summed E-state index contributed by atoms with van der Waals surface area (Å²) >= 11 is 0. The fourth-order valence-electron chi connectivity index (χ4n) is 1.07. The van der Waals surface area contributed by atoms with E-state index in [1.807, 2.05) is 0 Å². The molecular formula is C6H12FNO2. The third-order valence-electron chi connectivity index (χ3n) is 1.77. The van der Waals surface area contributed by atoms with E-state index in [9.17, 15) is 4.39 Å². The number of alkyl halides is 1. The molecule has 60 valence electrons. The molecule has 0 aromatic heterocycles. The second kappa shape index (κ2) is 3.27. The summed E-state index contributed by atoms with van der Waals surface area (Å²) in [6.07, 6.45) is -1.19. The molecular weight excluding hydrogens is 137 g/mol. The zero-order valence-electron chi connectivity index (χ0n) is 5.63. The molecule has 0 saturated carbocycles. The van der Waals surface area contributed by atoms with Crippen molar-refractivity contribution >= 4 is 0 Å². The molecule has 1 aliphatic rings. The van der Waals surface area contributed by atoms with Crippen LogP contribution in [-0.2, 0) is 0 Å². The van der Waals surface area contributed by atoms with E-state index in [4.69, 9.17) is 10.2 Å². The van der Waals surface area contributed by atoms with Crippen LogP contribution in [0.1, 0.15) is 6.42 Å². The molecule has 3 unspecified atom stereocenters. The fourth-order valence-corrected chi connectivity index (χ4v) is 1.07. The van der Waals surface area contributed by atoms with Crippen LogP contribution in [-0.4, -0.2) is 41.7 Å². The summed E-state index contributed by atoms with van der Waals surface area (Å²) in [7, 11) is 0. The summed E-state index contributed by atoms with van der Waals surface area (Å²) in [6.45, 7) is -0.195. The molecule has 4 heteroatoms. The minimum atomic E-state index is -0.762. The summed E-state index contributed by atoms with van der Waals surface area (Å²) in [5.41, 5.74) is 0. The Kier molecular flexibility index (Phi) is 2.59. The second-order valence-electron chi connectivity index (χ2n) is 2.63. The predicted octanol–water partition coefficient (Wildman–Crippen LogP) is -0.960. The van der Waals surface area contributed by atoms with E-state index in [0.29, 0.717) is 6.42 Å². The lowest BCUT2D eigenvalue weighted by molar-refractivity contribution is -0.0145. The maximum atomic E-state index is 11.9. The smallest absolute Gasteiger partial charge is 0.105 e. The van der Waals surface area contributed by atoms with Gasteiger partial charge in [0, 0.05) is 12.6 Å². The summed E-state index contributed by atoms with van der Waals surface area (Å²) < 4.78 is 11.9. The largest absolute Gasteiger partial charge is 0.390 e. The highest BCUT2D eigenvalue weighted by Crippen LogP contribution is 2.08. The molecule has 3 atom stereocenters. The van der Waals surface area contributed by atoms with E-state index in [0.717, 1.165) is 0 Å². The molecule has 0 bridgehead atoms. The summed E-state index contributed by atoms with van der Waals surface area (Å²) in [6, 6.07) is -0.279. The van der Waals surface area contributed by atoms with Crippen LogP contribution < -0.4 is 5.32 Å². The molecule has 0 aromatic carbocycles. The van der Waals surface area contributed by atoms with Crippen molar-refractivity contribution < 1.29 is 14.6 Å². The normalized spacial score (nSPS) is 41.7. The fraction of sp³-hybridized carbons (Fsp3) is 1.00. The van der Waals surface area contributed by atoms with Gasteiger partial charge in [-0.1, -0.05) is 0 Å². The number of hydrogen-bond acceptors (Lipinski definition) is 3. The first-order valence-electron chi connectivity index (χ1n) is 3.39. The number of piperidine rings is 1. The lowest BCUT2D eigenvalue weighted by Crippen LogP contribution is -2.50. The summed E-state index contributed by atoms with van der Waals surface area (Å²) in [5.74, 6) is 0. The number of nitrogens with one attached hydrogen (secondary N) is 1. The van der Waals surface area contributed by atoms with Gasteiger partial charge >= 0.3 is 0 Å². The first-order valence-corrected chi connectivity index (χ1v) is 3.39. The number of aliphatic hydroxyl groups is 2. The Morgan fingerprint density at radius 2 is 2.10 bits per heavy atom. The molecule has 0 aromatic rings. The minimum absolute atomic E-state index is 0.279. The first-order chi connectivity index (χ1) is 4.74. The molecule has 0 radical (unpaired) electrons. The first kappa shape index (κ1) is 7.91. The average molecular weight is 149 g/mol. The Morgan fingerprint density at radius 1 is 1.40 bits per heavy atom. The van der Waals surface area contributed by atoms with Gasteiger partial charge in [-0.05, 0) is 6.42 Å². The third kappa shape index (κ3) is 1.65. The lowest BCUT2D eigenvalue weighted by atomic mass is 10.0. The van der Waals surface area contributed by atoms with Crippen molar-refractivity contribution in [1.82, 2.24) is 5.32 Å². The lowest BCUT2D eigenvalue weighted by Gasteiger charge is -2.29. The van der Waals surface area contributed by atoms with E-state index in [1.54, 1.807) is 0 Å².